The van der Waals surface area contributed by atoms with Crippen molar-refractivity contribution in [3.63, 3.8) is 0 Å². The number of hydrogen-bond acceptors (Lipinski definition) is 4. The Morgan fingerprint density at radius 1 is 1.24 bits per heavy atom. The number of amides is 1. The predicted molar refractivity (Wildman–Crippen MR) is 111 cm³/mol. The molecule has 1 aromatic carbocycles. The topological polar surface area (TPSA) is 71.6 Å². The van der Waals surface area contributed by atoms with E-state index < -0.39 is 5.60 Å². The third kappa shape index (κ3) is 3.88. The molecular weight excluding hydrogens is 368 g/mol. The van der Waals surface area contributed by atoms with Gasteiger partial charge in [-0.1, -0.05) is 6.08 Å². The van der Waals surface area contributed by atoms with E-state index >= 15 is 0 Å². The predicted octanol–water partition coefficient (Wildman–Crippen LogP) is 4.49. The Labute approximate surface area is 170 Å². The number of likely N-dealkylation sites (tertiary alicyclic amines) is 1. The van der Waals surface area contributed by atoms with Crippen molar-refractivity contribution in [2.75, 3.05) is 20.2 Å². The lowest BCUT2D eigenvalue weighted by molar-refractivity contribution is 0.0197. The van der Waals surface area contributed by atoms with Crippen LogP contribution in [0.4, 0.5) is 4.79 Å². The van der Waals surface area contributed by atoms with E-state index in [4.69, 9.17) is 9.47 Å². The molecule has 0 radical (unpaired) electrons. The van der Waals surface area contributed by atoms with Crippen LogP contribution < -0.4 is 4.74 Å². The fourth-order valence-electron chi connectivity index (χ4n) is 4.16. The Kier molecular flexibility index (Phi) is 4.89. The molecule has 2 aliphatic rings. The molecule has 0 saturated carbocycles. The first-order chi connectivity index (χ1) is 13.7. The van der Waals surface area contributed by atoms with E-state index in [1.54, 1.807) is 12.0 Å². The smallest absolute Gasteiger partial charge is 0.410 e. The summed E-state index contributed by atoms with van der Waals surface area (Å²) in [5.41, 5.74) is 3.09. The van der Waals surface area contributed by atoms with Crippen molar-refractivity contribution < 1.29 is 19.1 Å². The van der Waals surface area contributed by atoms with Crippen LogP contribution in [-0.4, -0.2) is 47.6 Å². The minimum atomic E-state index is -0.480. The molecular formula is C23H28N2O4. The van der Waals surface area contributed by atoms with Crippen LogP contribution >= 0.6 is 0 Å². The number of rotatable bonds is 2. The maximum Gasteiger partial charge on any atom is 0.410 e. The number of piperidine rings is 1. The zero-order chi connectivity index (χ0) is 20.8. The van der Waals surface area contributed by atoms with Gasteiger partial charge in [0, 0.05) is 42.1 Å². The Hall–Kier alpha value is -2.76. The number of carbonyl (C=O) groups is 2. The van der Waals surface area contributed by atoms with Gasteiger partial charge in [0.25, 0.3) is 0 Å². The molecule has 1 aliphatic heterocycles. The molecule has 1 saturated heterocycles. The summed E-state index contributed by atoms with van der Waals surface area (Å²) in [6, 6.07) is 5.87. The monoisotopic (exact) mass is 396 g/mol. The van der Waals surface area contributed by atoms with Gasteiger partial charge in [-0.3, -0.25) is 4.79 Å². The lowest BCUT2D eigenvalue weighted by Crippen LogP contribution is -2.41. The number of allylic oxidation sites excluding steroid dienone is 2. The van der Waals surface area contributed by atoms with Crippen molar-refractivity contribution in [2.24, 2.45) is 5.92 Å². The molecule has 0 bridgehead atoms. The normalized spacial score (nSPS) is 19.1. The zero-order valence-electron chi connectivity index (χ0n) is 17.5. The van der Waals surface area contributed by atoms with Crippen LogP contribution in [0.1, 0.15) is 49.7 Å². The molecule has 0 atom stereocenters. The van der Waals surface area contributed by atoms with E-state index in [1.807, 2.05) is 39.0 Å². The number of ketones is 1. The van der Waals surface area contributed by atoms with Gasteiger partial charge in [0.15, 0.2) is 0 Å². The molecule has 0 unspecified atom stereocenters. The molecule has 6 heteroatoms. The number of benzene rings is 1. The van der Waals surface area contributed by atoms with E-state index in [2.05, 4.69) is 11.1 Å². The molecule has 0 spiro atoms. The highest BCUT2D eigenvalue weighted by Crippen LogP contribution is 2.35. The summed E-state index contributed by atoms with van der Waals surface area (Å²) in [6.07, 6.45) is 4.23. The molecule has 1 amide bonds. The van der Waals surface area contributed by atoms with Gasteiger partial charge in [-0.2, -0.15) is 0 Å². The number of H-pyrrole nitrogens is 1. The third-order valence-corrected chi connectivity index (χ3v) is 5.63. The molecule has 2 heterocycles. The molecule has 1 N–H and O–H groups in total. The number of methoxy groups -OCH3 is 1. The second-order valence-electron chi connectivity index (χ2n) is 8.89. The summed E-state index contributed by atoms with van der Waals surface area (Å²) in [7, 11) is 1.64. The van der Waals surface area contributed by atoms with Crippen molar-refractivity contribution in [1.29, 1.82) is 0 Å². The van der Waals surface area contributed by atoms with E-state index in [0.29, 0.717) is 31.1 Å². The Bertz CT molecular complexity index is 988. The van der Waals surface area contributed by atoms with Gasteiger partial charge in [0.1, 0.15) is 11.4 Å². The number of nitrogens with one attached hydrogen (secondary N) is 1. The minimum Gasteiger partial charge on any atom is -0.497 e. The van der Waals surface area contributed by atoms with Crippen molar-refractivity contribution in [1.82, 2.24) is 9.88 Å². The number of hydrogen-bond donors (Lipinski definition) is 1. The fraction of sp³-hybridized carbons (Fsp3) is 0.478. The van der Waals surface area contributed by atoms with E-state index in [9.17, 15) is 9.59 Å². The lowest BCUT2D eigenvalue weighted by atomic mass is 9.93. The highest BCUT2D eigenvalue weighted by Gasteiger charge is 2.31. The largest absolute Gasteiger partial charge is 0.497 e. The quantitative estimate of drug-likeness (QED) is 0.759. The summed E-state index contributed by atoms with van der Waals surface area (Å²) < 4.78 is 10.7. The van der Waals surface area contributed by atoms with Crippen LogP contribution in [0.5, 0.6) is 5.75 Å². The average Bonchev–Trinajstić information content (AvgIpc) is 3.17. The van der Waals surface area contributed by atoms with Crippen LogP contribution in [0.2, 0.25) is 0 Å². The van der Waals surface area contributed by atoms with Gasteiger partial charge < -0.3 is 19.4 Å². The fourth-order valence-corrected chi connectivity index (χ4v) is 4.16. The van der Waals surface area contributed by atoms with Gasteiger partial charge in [-0.15, -0.1) is 0 Å². The molecule has 1 aliphatic carbocycles. The second-order valence-corrected chi connectivity index (χ2v) is 8.89. The first kappa shape index (κ1) is 19.6. The number of nitrogens with zero attached hydrogens (tertiary/aromatic N) is 1. The number of carbonyl (C=O) groups excluding carboxylic acids is 2. The van der Waals surface area contributed by atoms with Gasteiger partial charge in [-0.25, -0.2) is 4.79 Å². The Morgan fingerprint density at radius 3 is 2.62 bits per heavy atom. The van der Waals surface area contributed by atoms with Crippen molar-refractivity contribution in [3.05, 3.63) is 41.1 Å². The van der Waals surface area contributed by atoms with Crippen molar-refractivity contribution >= 4 is 22.8 Å². The molecule has 154 valence electrons. The number of ether oxygens (including phenoxy) is 2. The van der Waals surface area contributed by atoms with Crippen LogP contribution in [0.25, 0.3) is 10.9 Å². The highest BCUT2D eigenvalue weighted by molar-refractivity contribution is 6.15. The minimum absolute atomic E-state index is 0.0877. The molecule has 1 aromatic heterocycles. The van der Waals surface area contributed by atoms with Gasteiger partial charge in [0.2, 0.25) is 5.78 Å². The van der Waals surface area contributed by atoms with Gasteiger partial charge >= 0.3 is 6.09 Å². The molecule has 4 rings (SSSR count). The molecule has 1 fully saturated rings. The summed E-state index contributed by atoms with van der Waals surface area (Å²) in [4.78, 5) is 30.2. The zero-order valence-corrected chi connectivity index (χ0v) is 17.5. The molecule has 29 heavy (non-hydrogen) atoms. The standard InChI is InChI=1S/C23H28N2O4/c1-23(2,3)29-22(27)25-9-7-14(8-10-25)11-15-12-18-17-6-5-16(28-4)13-19(17)24-20(18)21(15)26/h5-6,11,13-14,24H,7-10,12H2,1-4H3/b15-11-. The number of Topliss-reactive ketones (excluding diaryl/α,β-unsaturated/α-hetero) is 1. The number of aromatic nitrogens is 1. The summed E-state index contributed by atoms with van der Waals surface area (Å²) >= 11 is 0. The first-order valence-corrected chi connectivity index (χ1v) is 10.2. The lowest BCUT2D eigenvalue weighted by Gasteiger charge is -2.32. The van der Waals surface area contributed by atoms with Crippen LogP contribution in [0, 0.1) is 5.92 Å². The maximum absolute atomic E-state index is 12.9. The summed E-state index contributed by atoms with van der Waals surface area (Å²) in [5, 5.41) is 1.08. The van der Waals surface area contributed by atoms with Gasteiger partial charge in [0.05, 0.1) is 12.8 Å². The Balaban J connectivity index is 1.43. The average molecular weight is 396 g/mol. The molecule has 2 aromatic rings. The van der Waals surface area contributed by atoms with Crippen LogP contribution in [0.3, 0.4) is 0 Å². The number of fused-ring (bicyclic) bond motifs is 3. The highest BCUT2D eigenvalue weighted by atomic mass is 16.6. The van der Waals surface area contributed by atoms with Crippen LogP contribution in [0.15, 0.2) is 29.8 Å². The van der Waals surface area contributed by atoms with E-state index in [1.165, 1.54) is 0 Å². The summed E-state index contributed by atoms with van der Waals surface area (Å²) in [6.45, 7) is 6.95. The van der Waals surface area contributed by atoms with Gasteiger partial charge in [-0.05, 0) is 57.2 Å². The van der Waals surface area contributed by atoms with Crippen molar-refractivity contribution in [2.45, 2.75) is 45.6 Å². The van der Waals surface area contributed by atoms with Crippen molar-refractivity contribution in [3.8, 4) is 5.75 Å². The van der Waals surface area contributed by atoms with E-state index in [0.717, 1.165) is 40.6 Å². The Morgan fingerprint density at radius 2 is 1.97 bits per heavy atom. The summed E-state index contributed by atoms with van der Waals surface area (Å²) in [5.74, 6) is 1.17. The molecule has 6 nitrogen and oxygen atoms in total. The third-order valence-electron chi connectivity index (χ3n) is 5.63. The second kappa shape index (κ2) is 7.25. The van der Waals surface area contributed by atoms with E-state index in [-0.39, 0.29) is 11.9 Å². The van der Waals surface area contributed by atoms with Crippen LogP contribution in [-0.2, 0) is 11.2 Å². The maximum atomic E-state index is 12.9. The SMILES string of the molecule is COc1ccc2c3c([nH]c2c1)C(=O)/C(=C\C1CCN(C(=O)OC(C)(C)C)CC1)C3. The first-order valence-electron chi connectivity index (χ1n) is 10.2. The number of aromatic amines is 1.